The Balaban J connectivity index is 1.53. The van der Waals surface area contributed by atoms with E-state index in [4.69, 9.17) is 9.47 Å². The van der Waals surface area contributed by atoms with Crippen LogP contribution in [-0.4, -0.2) is 43.4 Å². The van der Waals surface area contributed by atoms with Crippen LogP contribution in [0.1, 0.15) is 22.5 Å². The molecule has 178 valence electrons. The van der Waals surface area contributed by atoms with Gasteiger partial charge in [-0.25, -0.2) is 5.43 Å². The molecule has 0 fully saturated rings. The zero-order chi connectivity index (χ0) is 24.7. The molecule has 2 N–H and O–H groups in total. The molecule has 8 nitrogen and oxygen atoms in total. The van der Waals surface area contributed by atoms with Gasteiger partial charge in [0.25, 0.3) is 0 Å². The van der Waals surface area contributed by atoms with E-state index in [9.17, 15) is 9.59 Å². The molecular formula is C25H27BrN4O4. The smallest absolute Gasteiger partial charge is 0.329 e. The number of carbonyl (C=O) groups is 2. The van der Waals surface area contributed by atoms with Crippen LogP contribution >= 0.6 is 15.9 Å². The Morgan fingerprint density at radius 3 is 2.38 bits per heavy atom. The van der Waals surface area contributed by atoms with Crippen LogP contribution in [0, 0.1) is 13.8 Å². The Morgan fingerprint density at radius 1 is 1.00 bits per heavy atom. The number of nitrogens with one attached hydrogen (secondary N) is 2. The molecule has 0 atom stereocenters. The van der Waals surface area contributed by atoms with Gasteiger partial charge in [-0.15, -0.1) is 0 Å². The fourth-order valence-electron chi connectivity index (χ4n) is 3.55. The first-order chi connectivity index (χ1) is 16.3. The highest BCUT2D eigenvalue weighted by Crippen LogP contribution is 2.27. The first kappa shape index (κ1) is 25.0. The van der Waals surface area contributed by atoms with E-state index in [1.807, 2.05) is 56.3 Å². The van der Waals surface area contributed by atoms with Crippen molar-refractivity contribution in [2.75, 3.05) is 20.8 Å². The number of nitrogens with zero attached hydrogens (tertiary/aromatic N) is 2. The van der Waals surface area contributed by atoms with Crippen molar-refractivity contribution in [3.05, 3.63) is 75.5 Å². The van der Waals surface area contributed by atoms with Crippen molar-refractivity contribution in [2.24, 2.45) is 5.10 Å². The number of methoxy groups -OCH3 is 2. The van der Waals surface area contributed by atoms with Gasteiger partial charge in [-0.05, 0) is 68.3 Å². The molecular weight excluding hydrogens is 500 g/mol. The van der Waals surface area contributed by atoms with Crippen molar-refractivity contribution in [1.29, 1.82) is 0 Å². The number of aryl methyl sites for hydroxylation is 1. The highest BCUT2D eigenvalue weighted by molar-refractivity contribution is 9.10. The van der Waals surface area contributed by atoms with Crippen molar-refractivity contribution in [1.82, 2.24) is 15.3 Å². The van der Waals surface area contributed by atoms with E-state index < -0.39 is 11.8 Å². The minimum absolute atomic E-state index is 0.291. The van der Waals surface area contributed by atoms with Gasteiger partial charge in [0.05, 0.1) is 20.4 Å². The molecule has 0 aliphatic heterocycles. The standard InChI is InChI=1S/C25H27BrN4O4/c1-16-13-19(17(2)30(16)21-8-6-20(26)7-9-21)15-28-29-25(32)24(31)27-12-11-18-5-10-22(33-3)23(14-18)34-4/h5-10,13-15H,11-12H2,1-4H3,(H,27,31)(H,29,32)/b28-15-. The van der Waals surface area contributed by atoms with Crippen LogP contribution in [0.3, 0.4) is 0 Å². The number of hydrogen-bond donors (Lipinski definition) is 2. The number of hydrogen-bond acceptors (Lipinski definition) is 5. The van der Waals surface area contributed by atoms with Gasteiger partial charge in [0.15, 0.2) is 11.5 Å². The van der Waals surface area contributed by atoms with Gasteiger partial charge >= 0.3 is 11.8 Å². The molecule has 0 bridgehead atoms. The normalized spacial score (nSPS) is 10.9. The number of rotatable bonds is 8. The SMILES string of the molecule is COc1ccc(CCNC(=O)C(=O)N/N=C\c2cc(C)n(-c3ccc(Br)cc3)c2C)cc1OC. The molecule has 34 heavy (non-hydrogen) atoms. The number of ether oxygens (including phenoxy) is 2. The fraction of sp³-hybridized carbons (Fsp3) is 0.240. The molecule has 1 aromatic heterocycles. The third kappa shape index (κ3) is 6.05. The summed E-state index contributed by atoms with van der Waals surface area (Å²) in [6, 6.07) is 15.5. The molecule has 1 heterocycles. The van der Waals surface area contributed by atoms with E-state index in [2.05, 4.69) is 36.3 Å². The predicted octanol–water partition coefficient (Wildman–Crippen LogP) is 3.68. The lowest BCUT2D eigenvalue weighted by Gasteiger charge is -2.10. The van der Waals surface area contributed by atoms with Crippen molar-refractivity contribution >= 4 is 34.0 Å². The summed E-state index contributed by atoms with van der Waals surface area (Å²) >= 11 is 3.45. The van der Waals surface area contributed by atoms with Crippen LogP contribution in [0.15, 0.2) is 58.1 Å². The van der Waals surface area contributed by atoms with Crippen LogP contribution in [0.5, 0.6) is 11.5 Å². The Hall–Kier alpha value is -3.59. The van der Waals surface area contributed by atoms with Crippen LogP contribution in [-0.2, 0) is 16.0 Å². The first-order valence-electron chi connectivity index (χ1n) is 10.6. The minimum atomic E-state index is -0.828. The zero-order valence-electron chi connectivity index (χ0n) is 19.5. The maximum atomic E-state index is 12.1. The number of aromatic nitrogens is 1. The van der Waals surface area contributed by atoms with E-state index in [1.165, 1.54) is 6.21 Å². The Morgan fingerprint density at radius 2 is 1.71 bits per heavy atom. The maximum Gasteiger partial charge on any atom is 0.329 e. The van der Waals surface area contributed by atoms with Crippen LogP contribution in [0.4, 0.5) is 0 Å². The third-order valence-corrected chi connectivity index (χ3v) is 5.81. The molecule has 3 aromatic rings. The number of halogens is 1. The lowest BCUT2D eigenvalue weighted by atomic mass is 10.1. The van der Waals surface area contributed by atoms with Gasteiger partial charge in [-0.3, -0.25) is 9.59 Å². The van der Waals surface area contributed by atoms with Crippen molar-refractivity contribution in [3.63, 3.8) is 0 Å². The fourth-order valence-corrected chi connectivity index (χ4v) is 3.82. The minimum Gasteiger partial charge on any atom is -0.493 e. The summed E-state index contributed by atoms with van der Waals surface area (Å²) in [6.07, 6.45) is 2.07. The van der Waals surface area contributed by atoms with Gasteiger partial charge in [0.2, 0.25) is 0 Å². The Labute approximate surface area is 207 Å². The largest absolute Gasteiger partial charge is 0.493 e. The summed E-state index contributed by atoms with van der Waals surface area (Å²) in [5.41, 5.74) is 7.09. The summed E-state index contributed by atoms with van der Waals surface area (Å²) < 4.78 is 13.6. The zero-order valence-corrected chi connectivity index (χ0v) is 21.1. The predicted molar refractivity (Wildman–Crippen MR) is 135 cm³/mol. The number of amides is 2. The monoisotopic (exact) mass is 526 g/mol. The molecule has 2 aromatic carbocycles. The molecule has 2 amide bonds. The van der Waals surface area contributed by atoms with E-state index in [-0.39, 0.29) is 0 Å². The van der Waals surface area contributed by atoms with Gasteiger partial charge in [-0.2, -0.15) is 5.10 Å². The van der Waals surface area contributed by atoms with E-state index in [0.717, 1.165) is 32.7 Å². The molecule has 0 aliphatic rings. The van der Waals surface area contributed by atoms with Crippen LogP contribution in [0.2, 0.25) is 0 Å². The highest BCUT2D eigenvalue weighted by atomic mass is 79.9. The second-order valence-corrected chi connectivity index (χ2v) is 8.45. The lowest BCUT2D eigenvalue weighted by Crippen LogP contribution is -2.38. The molecule has 0 saturated carbocycles. The lowest BCUT2D eigenvalue weighted by molar-refractivity contribution is -0.139. The van der Waals surface area contributed by atoms with Crippen molar-refractivity contribution < 1.29 is 19.1 Å². The molecule has 9 heteroatoms. The topological polar surface area (TPSA) is 94.0 Å². The molecule has 0 radical (unpaired) electrons. The first-order valence-corrected chi connectivity index (χ1v) is 11.4. The maximum absolute atomic E-state index is 12.1. The Bertz CT molecular complexity index is 1200. The third-order valence-electron chi connectivity index (χ3n) is 5.28. The average Bonchev–Trinajstić information content (AvgIpc) is 3.12. The number of hydrazone groups is 1. The van der Waals surface area contributed by atoms with Gasteiger partial charge in [0, 0.05) is 33.7 Å². The van der Waals surface area contributed by atoms with Gasteiger partial charge in [0.1, 0.15) is 0 Å². The second kappa shape index (κ2) is 11.5. The summed E-state index contributed by atoms with van der Waals surface area (Å²) in [5.74, 6) is -0.341. The van der Waals surface area contributed by atoms with Crippen LogP contribution < -0.4 is 20.2 Å². The highest BCUT2D eigenvalue weighted by Gasteiger charge is 2.13. The van der Waals surface area contributed by atoms with Crippen molar-refractivity contribution in [2.45, 2.75) is 20.3 Å². The molecule has 0 spiro atoms. The summed E-state index contributed by atoms with van der Waals surface area (Å²) in [7, 11) is 3.13. The quantitative estimate of drug-likeness (QED) is 0.266. The Kier molecular flexibility index (Phi) is 8.48. The van der Waals surface area contributed by atoms with E-state index in [0.29, 0.717) is 24.5 Å². The summed E-state index contributed by atoms with van der Waals surface area (Å²) in [4.78, 5) is 24.2. The second-order valence-electron chi connectivity index (χ2n) is 7.53. The van der Waals surface area contributed by atoms with Crippen molar-refractivity contribution in [3.8, 4) is 17.2 Å². The van der Waals surface area contributed by atoms with Gasteiger partial charge < -0.3 is 19.4 Å². The van der Waals surface area contributed by atoms with E-state index >= 15 is 0 Å². The van der Waals surface area contributed by atoms with Crippen LogP contribution in [0.25, 0.3) is 5.69 Å². The number of carbonyl (C=O) groups excluding carboxylic acids is 2. The molecule has 0 aliphatic carbocycles. The van der Waals surface area contributed by atoms with E-state index in [1.54, 1.807) is 20.3 Å². The molecule has 0 saturated heterocycles. The van der Waals surface area contributed by atoms with Gasteiger partial charge in [-0.1, -0.05) is 22.0 Å². The molecule has 0 unspecified atom stereocenters. The molecule has 3 rings (SSSR count). The number of benzene rings is 2. The average molecular weight is 527 g/mol. The summed E-state index contributed by atoms with van der Waals surface area (Å²) in [6.45, 7) is 4.26. The summed E-state index contributed by atoms with van der Waals surface area (Å²) in [5, 5.41) is 6.55.